The molecule has 0 radical (unpaired) electrons. The molecule has 2 aromatic carbocycles. The van der Waals surface area contributed by atoms with E-state index in [9.17, 15) is 39.0 Å². The SMILES string of the molecule is C=C1C(OC(=O)c2ccccc2)C(O)C(=O)C(C)(C)/C=C\[C@H](C)C(=O)[C@@]2(OC(C)=O)C[C@@](C)(O)[C@H](OC(C)=O)[C@@H]2C1OC(=O)c1ccccc1. The molecule has 2 aliphatic carbocycles. The van der Waals surface area contributed by atoms with E-state index in [-0.39, 0.29) is 11.1 Å². The number of rotatable bonds is 6. The maximum atomic E-state index is 14.7. The molecule has 0 aromatic heterocycles. The lowest BCUT2D eigenvalue weighted by Gasteiger charge is -2.42. The minimum Gasteiger partial charge on any atom is -0.459 e. The van der Waals surface area contributed by atoms with Gasteiger partial charge in [0.05, 0.1) is 17.0 Å². The predicted molar refractivity (Wildman–Crippen MR) is 177 cm³/mol. The Morgan fingerprint density at radius 2 is 1.28 bits per heavy atom. The number of Topliss-reactive ketones (excluding diaryl/α,β-unsaturated/α-hetero) is 2. The van der Waals surface area contributed by atoms with Gasteiger partial charge >= 0.3 is 23.9 Å². The molecule has 3 unspecified atom stereocenters. The van der Waals surface area contributed by atoms with Crippen molar-refractivity contribution in [3.05, 3.63) is 96.1 Å². The zero-order valence-electron chi connectivity index (χ0n) is 28.8. The second-order valence-corrected chi connectivity index (χ2v) is 13.6. The van der Waals surface area contributed by atoms with Gasteiger partial charge in [0.2, 0.25) is 0 Å². The second-order valence-electron chi connectivity index (χ2n) is 13.6. The molecule has 2 N–H and O–H groups in total. The summed E-state index contributed by atoms with van der Waals surface area (Å²) in [5, 5.41) is 23.6. The molecule has 0 heterocycles. The molecular formula is C38H42O12. The van der Waals surface area contributed by atoms with Crippen LogP contribution in [-0.4, -0.2) is 81.3 Å². The molecule has 12 heteroatoms. The number of esters is 4. The summed E-state index contributed by atoms with van der Waals surface area (Å²) in [6.07, 6.45) is -5.51. The van der Waals surface area contributed by atoms with Crippen molar-refractivity contribution in [2.75, 3.05) is 0 Å². The number of aliphatic hydroxyl groups excluding tert-OH is 1. The van der Waals surface area contributed by atoms with Gasteiger partial charge in [-0.25, -0.2) is 9.59 Å². The lowest BCUT2D eigenvalue weighted by atomic mass is 9.72. The Morgan fingerprint density at radius 3 is 1.76 bits per heavy atom. The van der Waals surface area contributed by atoms with Crippen molar-refractivity contribution in [2.24, 2.45) is 17.3 Å². The number of fused-ring (bicyclic) bond motifs is 1. The van der Waals surface area contributed by atoms with Crippen LogP contribution in [0, 0.1) is 17.3 Å². The Hall–Kier alpha value is -4.94. The second kappa shape index (κ2) is 14.5. The first-order valence-electron chi connectivity index (χ1n) is 16.1. The van der Waals surface area contributed by atoms with Gasteiger partial charge in [0.25, 0.3) is 0 Å². The van der Waals surface area contributed by atoms with Gasteiger partial charge in [-0.3, -0.25) is 19.2 Å². The van der Waals surface area contributed by atoms with Crippen LogP contribution in [0.5, 0.6) is 0 Å². The molecule has 12 nitrogen and oxygen atoms in total. The Morgan fingerprint density at radius 1 is 0.780 bits per heavy atom. The quantitative estimate of drug-likeness (QED) is 0.255. The molecule has 8 atom stereocenters. The minimum absolute atomic E-state index is 0.0245. The van der Waals surface area contributed by atoms with Gasteiger partial charge < -0.3 is 29.2 Å². The predicted octanol–water partition coefficient (Wildman–Crippen LogP) is 3.73. The monoisotopic (exact) mass is 690 g/mol. The Bertz CT molecular complexity index is 1690. The maximum absolute atomic E-state index is 14.7. The topological polar surface area (TPSA) is 180 Å². The Labute approximate surface area is 290 Å². The van der Waals surface area contributed by atoms with Gasteiger partial charge in [0.15, 0.2) is 29.4 Å². The van der Waals surface area contributed by atoms with E-state index in [1.54, 1.807) is 36.4 Å². The van der Waals surface area contributed by atoms with Crippen molar-refractivity contribution in [1.82, 2.24) is 0 Å². The molecule has 0 amide bonds. The molecule has 266 valence electrons. The number of allylic oxidation sites excluding steroid dienone is 2. The number of benzene rings is 2. The van der Waals surface area contributed by atoms with Crippen molar-refractivity contribution in [2.45, 2.75) is 83.6 Å². The van der Waals surface area contributed by atoms with Gasteiger partial charge in [0, 0.05) is 37.2 Å². The Kier molecular flexibility index (Phi) is 11.0. The molecule has 2 aliphatic rings. The number of hydrogen-bond acceptors (Lipinski definition) is 12. The molecule has 1 saturated carbocycles. The molecule has 0 aliphatic heterocycles. The van der Waals surface area contributed by atoms with Gasteiger partial charge in [-0.2, -0.15) is 0 Å². The number of carbonyl (C=O) groups excluding carboxylic acids is 6. The van der Waals surface area contributed by atoms with Crippen LogP contribution >= 0.6 is 0 Å². The first-order valence-corrected chi connectivity index (χ1v) is 16.1. The molecule has 0 spiro atoms. The van der Waals surface area contributed by atoms with E-state index in [1.807, 2.05) is 0 Å². The van der Waals surface area contributed by atoms with Crippen LogP contribution in [0.1, 0.15) is 68.7 Å². The van der Waals surface area contributed by atoms with Crippen molar-refractivity contribution in [3.8, 4) is 0 Å². The normalized spacial score (nSPS) is 31.6. The number of carbonyl (C=O) groups is 6. The van der Waals surface area contributed by atoms with Gasteiger partial charge in [-0.05, 0) is 45.0 Å². The largest absolute Gasteiger partial charge is 0.459 e. The summed E-state index contributed by atoms with van der Waals surface area (Å²) in [4.78, 5) is 81.3. The minimum atomic E-state index is -2.35. The lowest BCUT2D eigenvalue weighted by Crippen LogP contribution is -2.58. The number of hydrogen-bond donors (Lipinski definition) is 2. The van der Waals surface area contributed by atoms with Crippen LogP contribution in [0.4, 0.5) is 0 Å². The van der Waals surface area contributed by atoms with Crippen LogP contribution in [-0.2, 0) is 38.1 Å². The highest BCUT2D eigenvalue weighted by atomic mass is 16.6. The highest BCUT2D eigenvalue weighted by Crippen LogP contribution is 2.52. The van der Waals surface area contributed by atoms with Crippen LogP contribution in [0.25, 0.3) is 0 Å². The molecule has 0 saturated heterocycles. The highest BCUT2D eigenvalue weighted by molar-refractivity contribution is 5.96. The fourth-order valence-corrected chi connectivity index (χ4v) is 6.68. The van der Waals surface area contributed by atoms with Gasteiger partial charge in [0.1, 0.15) is 17.8 Å². The maximum Gasteiger partial charge on any atom is 0.338 e. The van der Waals surface area contributed by atoms with Crippen LogP contribution < -0.4 is 0 Å². The summed E-state index contributed by atoms with van der Waals surface area (Å²) >= 11 is 0. The molecule has 50 heavy (non-hydrogen) atoms. The van der Waals surface area contributed by atoms with E-state index in [1.165, 1.54) is 64.1 Å². The van der Waals surface area contributed by atoms with Crippen molar-refractivity contribution < 1.29 is 57.9 Å². The zero-order valence-corrected chi connectivity index (χ0v) is 28.8. The summed E-state index contributed by atoms with van der Waals surface area (Å²) in [7, 11) is 0. The van der Waals surface area contributed by atoms with E-state index < -0.39 is 100 Å². The van der Waals surface area contributed by atoms with Crippen molar-refractivity contribution in [3.63, 3.8) is 0 Å². The average Bonchev–Trinajstić information content (AvgIpc) is 3.28. The van der Waals surface area contributed by atoms with E-state index >= 15 is 0 Å². The third-order valence-corrected chi connectivity index (χ3v) is 9.08. The first-order chi connectivity index (χ1) is 23.3. The fraction of sp³-hybridized carbons (Fsp3) is 0.421. The van der Waals surface area contributed by atoms with E-state index in [0.717, 1.165) is 13.8 Å². The van der Waals surface area contributed by atoms with Crippen LogP contribution in [0.3, 0.4) is 0 Å². The molecular weight excluding hydrogens is 648 g/mol. The summed E-state index contributed by atoms with van der Waals surface area (Å²) < 4.78 is 23.3. The van der Waals surface area contributed by atoms with Gasteiger partial charge in [-0.1, -0.05) is 62.1 Å². The zero-order chi connectivity index (χ0) is 37.2. The lowest BCUT2D eigenvalue weighted by molar-refractivity contribution is -0.182. The average molecular weight is 691 g/mol. The molecule has 0 bridgehead atoms. The van der Waals surface area contributed by atoms with E-state index in [4.69, 9.17) is 18.9 Å². The molecule has 2 aromatic rings. The highest BCUT2D eigenvalue weighted by Gasteiger charge is 2.70. The van der Waals surface area contributed by atoms with Crippen LogP contribution in [0.2, 0.25) is 0 Å². The third kappa shape index (κ3) is 7.61. The number of ether oxygens (including phenoxy) is 4. The standard InChI is InChI=1S/C38H42O12/c1-21-18-19-36(5,6)32(43)28(41)30(49-35(45)26-16-12-9-13-17-26)22(2)29(48-34(44)25-14-10-8-11-15-25)27-33(47-23(3)39)37(7,46)20-38(27,31(21)42)50-24(4)40/h8-19,21,27-30,33,41,46H,2,20H2,1,3-7H3/b19-18-/t21-,27-,28?,29?,30?,33+,37+,38+/m0/s1. The summed E-state index contributed by atoms with van der Waals surface area (Å²) in [6.45, 7) is 11.8. The van der Waals surface area contributed by atoms with Gasteiger partial charge in [-0.15, -0.1) is 0 Å². The van der Waals surface area contributed by atoms with E-state index in [2.05, 4.69) is 6.58 Å². The van der Waals surface area contributed by atoms with Crippen LogP contribution in [0.15, 0.2) is 85.0 Å². The number of aliphatic hydroxyl groups is 2. The third-order valence-electron chi connectivity index (χ3n) is 9.08. The Balaban J connectivity index is 2.06. The fourth-order valence-electron chi connectivity index (χ4n) is 6.68. The summed E-state index contributed by atoms with van der Waals surface area (Å²) in [5.74, 6) is -8.28. The molecule has 4 rings (SSSR count). The first kappa shape index (κ1) is 37.9. The number of ketones is 2. The molecule has 1 fully saturated rings. The van der Waals surface area contributed by atoms with E-state index in [0.29, 0.717) is 0 Å². The summed E-state index contributed by atoms with van der Waals surface area (Å²) in [5.41, 5.74) is -6.25. The van der Waals surface area contributed by atoms with Crippen molar-refractivity contribution in [1.29, 1.82) is 0 Å². The smallest absolute Gasteiger partial charge is 0.338 e. The van der Waals surface area contributed by atoms with Crippen molar-refractivity contribution >= 4 is 35.4 Å². The summed E-state index contributed by atoms with van der Waals surface area (Å²) in [6, 6.07) is 15.3.